The molecule has 0 aliphatic heterocycles. The lowest BCUT2D eigenvalue weighted by Crippen LogP contribution is -2.31. The van der Waals surface area contributed by atoms with Crippen molar-refractivity contribution in [1.82, 2.24) is 5.32 Å². The zero-order chi connectivity index (χ0) is 10.4. The van der Waals surface area contributed by atoms with Crippen LogP contribution < -0.4 is 5.32 Å². The molecule has 0 bridgehead atoms. The first-order valence-corrected chi connectivity index (χ1v) is 4.58. The molecule has 0 aliphatic rings. The van der Waals surface area contributed by atoms with Gasteiger partial charge in [-0.3, -0.25) is 4.99 Å². The zero-order valence-electron chi connectivity index (χ0n) is 8.64. The van der Waals surface area contributed by atoms with E-state index in [2.05, 4.69) is 10.3 Å². The minimum Gasteiger partial charge on any atom is -0.372 e. The SMILES string of the molecule is CCC(=NC(C)C(F)F)NC(C)C. The highest BCUT2D eigenvalue weighted by atomic mass is 19.3. The van der Waals surface area contributed by atoms with Crippen molar-refractivity contribution in [2.75, 3.05) is 0 Å². The highest BCUT2D eigenvalue weighted by Gasteiger charge is 2.13. The summed E-state index contributed by atoms with van der Waals surface area (Å²) in [5, 5.41) is 3.03. The predicted molar refractivity (Wildman–Crippen MR) is 51.5 cm³/mol. The summed E-state index contributed by atoms with van der Waals surface area (Å²) in [6.45, 7) is 7.23. The van der Waals surface area contributed by atoms with Gasteiger partial charge in [0.1, 0.15) is 6.04 Å². The second-order valence-electron chi connectivity index (χ2n) is 3.30. The van der Waals surface area contributed by atoms with E-state index in [9.17, 15) is 8.78 Å². The summed E-state index contributed by atoms with van der Waals surface area (Å²) in [5.41, 5.74) is 0. The molecule has 1 atom stereocenters. The molecule has 0 aliphatic carbocycles. The average Bonchev–Trinajstić information content (AvgIpc) is 2.02. The molecule has 1 N–H and O–H groups in total. The summed E-state index contributed by atoms with van der Waals surface area (Å²) in [7, 11) is 0. The van der Waals surface area contributed by atoms with Crippen molar-refractivity contribution in [3.8, 4) is 0 Å². The Kier molecular flexibility index (Phi) is 5.58. The Labute approximate surface area is 78.4 Å². The maximum atomic E-state index is 12.1. The third kappa shape index (κ3) is 5.55. The first-order valence-electron chi connectivity index (χ1n) is 4.58. The number of hydrogen-bond acceptors (Lipinski definition) is 1. The molecule has 1 unspecified atom stereocenters. The van der Waals surface area contributed by atoms with Gasteiger partial charge in [-0.15, -0.1) is 0 Å². The van der Waals surface area contributed by atoms with Crippen molar-refractivity contribution in [2.24, 2.45) is 4.99 Å². The zero-order valence-corrected chi connectivity index (χ0v) is 8.64. The van der Waals surface area contributed by atoms with Gasteiger partial charge in [0.05, 0.1) is 5.84 Å². The molecule has 0 rings (SSSR count). The van der Waals surface area contributed by atoms with E-state index in [-0.39, 0.29) is 6.04 Å². The van der Waals surface area contributed by atoms with Gasteiger partial charge in [0, 0.05) is 12.5 Å². The molecule has 0 heterocycles. The first-order chi connectivity index (χ1) is 5.97. The molecule has 0 fully saturated rings. The van der Waals surface area contributed by atoms with E-state index in [1.54, 1.807) is 0 Å². The van der Waals surface area contributed by atoms with Gasteiger partial charge in [0.15, 0.2) is 0 Å². The Morgan fingerprint density at radius 2 is 1.85 bits per heavy atom. The molecule has 78 valence electrons. The lowest BCUT2D eigenvalue weighted by atomic mass is 10.3. The van der Waals surface area contributed by atoms with Crippen LogP contribution in [0.25, 0.3) is 0 Å². The molecule has 0 amide bonds. The lowest BCUT2D eigenvalue weighted by molar-refractivity contribution is 0.124. The summed E-state index contributed by atoms with van der Waals surface area (Å²) >= 11 is 0. The molecule has 0 aromatic carbocycles. The molecule has 2 nitrogen and oxygen atoms in total. The molecular weight excluding hydrogens is 174 g/mol. The number of aliphatic imine (C=N–C) groups is 1. The van der Waals surface area contributed by atoms with E-state index in [0.717, 1.165) is 0 Å². The minimum atomic E-state index is -2.38. The fourth-order valence-electron chi connectivity index (χ4n) is 0.866. The number of nitrogens with zero attached hydrogens (tertiary/aromatic N) is 1. The van der Waals surface area contributed by atoms with E-state index >= 15 is 0 Å². The van der Waals surface area contributed by atoms with Crippen molar-refractivity contribution >= 4 is 5.84 Å². The highest BCUT2D eigenvalue weighted by Crippen LogP contribution is 2.04. The van der Waals surface area contributed by atoms with Crippen molar-refractivity contribution in [3.05, 3.63) is 0 Å². The van der Waals surface area contributed by atoms with E-state index in [4.69, 9.17) is 0 Å². The smallest absolute Gasteiger partial charge is 0.260 e. The fourth-order valence-corrected chi connectivity index (χ4v) is 0.866. The normalized spacial score (nSPS) is 15.2. The summed E-state index contributed by atoms with van der Waals surface area (Å²) in [6.07, 6.45) is -1.72. The lowest BCUT2D eigenvalue weighted by Gasteiger charge is -2.13. The van der Waals surface area contributed by atoms with Crippen LogP contribution in [0.5, 0.6) is 0 Å². The van der Waals surface area contributed by atoms with Gasteiger partial charge < -0.3 is 5.32 Å². The van der Waals surface area contributed by atoms with Crippen LogP contribution in [0, 0.1) is 0 Å². The Balaban J connectivity index is 4.20. The van der Waals surface area contributed by atoms with E-state index in [1.807, 2.05) is 20.8 Å². The summed E-state index contributed by atoms with van der Waals surface area (Å²) in [6, 6.07) is -0.676. The molecule has 4 heteroatoms. The Hall–Kier alpha value is -0.670. The number of amidine groups is 1. The van der Waals surface area contributed by atoms with Crippen molar-refractivity contribution in [3.63, 3.8) is 0 Å². The van der Waals surface area contributed by atoms with Gasteiger partial charge in [-0.1, -0.05) is 6.92 Å². The monoisotopic (exact) mass is 192 g/mol. The number of hydrogen-bond donors (Lipinski definition) is 1. The molecule has 0 spiro atoms. The van der Waals surface area contributed by atoms with Crippen LogP contribution in [-0.2, 0) is 0 Å². The van der Waals surface area contributed by atoms with Gasteiger partial charge in [-0.05, 0) is 20.8 Å². The summed E-state index contributed by atoms with van der Waals surface area (Å²) in [5.74, 6) is 0.655. The van der Waals surface area contributed by atoms with Gasteiger partial charge >= 0.3 is 0 Å². The second kappa shape index (κ2) is 5.89. The summed E-state index contributed by atoms with van der Waals surface area (Å²) < 4.78 is 24.3. The maximum Gasteiger partial charge on any atom is 0.260 e. The van der Waals surface area contributed by atoms with Gasteiger partial charge in [0.25, 0.3) is 6.43 Å². The summed E-state index contributed by atoms with van der Waals surface area (Å²) in [4.78, 5) is 3.89. The number of halogens is 2. The van der Waals surface area contributed by atoms with Crippen molar-refractivity contribution in [1.29, 1.82) is 0 Å². The average molecular weight is 192 g/mol. The van der Waals surface area contributed by atoms with Crippen molar-refractivity contribution in [2.45, 2.75) is 52.6 Å². The van der Waals surface area contributed by atoms with Crippen LogP contribution in [0.1, 0.15) is 34.1 Å². The standard InChI is InChI=1S/C9H18F2N2/c1-5-8(12-6(2)3)13-7(4)9(10)11/h6-7,9H,5H2,1-4H3,(H,12,13). The number of rotatable bonds is 4. The van der Waals surface area contributed by atoms with E-state index in [0.29, 0.717) is 12.3 Å². The van der Waals surface area contributed by atoms with Gasteiger partial charge in [0.2, 0.25) is 0 Å². The largest absolute Gasteiger partial charge is 0.372 e. The topological polar surface area (TPSA) is 24.4 Å². The molecule has 13 heavy (non-hydrogen) atoms. The molecule has 0 radical (unpaired) electrons. The van der Waals surface area contributed by atoms with Crippen LogP contribution in [0.3, 0.4) is 0 Å². The molecular formula is C9H18F2N2. The molecule has 0 saturated heterocycles. The van der Waals surface area contributed by atoms with E-state index < -0.39 is 12.5 Å². The van der Waals surface area contributed by atoms with E-state index in [1.165, 1.54) is 6.92 Å². The maximum absolute atomic E-state index is 12.1. The van der Waals surface area contributed by atoms with Crippen molar-refractivity contribution < 1.29 is 8.78 Å². The van der Waals surface area contributed by atoms with Crippen LogP contribution >= 0.6 is 0 Å². The minimum absolute atomic E-state index is 0.239. The molecule has 0 aromatic heterocycles. The van der Waals surface area contributed by atoms with Gasteiger partial charge in [-0.25, -0.2) is 8.78 Å². The third-order valence-electron chi connectivity index (χ3n) is 1.51. The number of nitrogens with one attached hydrogen (secondary N) is 1. The van der Waals surface area contributed by atoms with Crippen LogP contribution in [0.15, 0.2) is 4.99 Å². The predicted octanol–water partition coefficient (Wildman–Crippen LogP) is 2.45. The molecule has 0 aromatic rings. The Morgan fingerprint density at radius 1 is 1.31 bits per heavy atom. The van der Waals surface area contributed by atoms with Gasteiger partial charge in [-0.2, -0.15) is 0 Å². The quantitative estimate of drug-likeness (QED) is 0.537. The third-order valence-corrected chi connectivity index (χ3v) is 1.51. The Bertz CT molecular complexity index is 167. The fraction of sp³-hybridized carbons (Fsp3) is 0.889. The van der Waals surface area contributed by atoms with Crippen LogP contribution in [0.2, 0.25) is 0 Å². The Morgan fingerprint density at radius 3 is 2.15 bits per heavy atom. The highest BCUT2D eigenvalue weighted by molar-refractivity contribution is 5.82. The first kappa shape index (κ1) is 12.3. The second-order valence-corrected chi connectivity index (χ2v) is 3.30. The van der Waals surface area contributed by atoms with Crippen LogP contribution in [0.4, 0.5) is 8.78 Å². The molecule has 0 saturated carbocycles. The van der Waals surface area contributed by atoms with Crippen LogP contribution in [-0.4, -0.2) is 24.3 Å². The number of alkyl halides is 2.